The molecular formula is C18H22N6O2. The molecule has 0 radical (unpaired) electrons. The maximum atomic E-state index is 13.2. The first-order valence-electron chi connectivity index (χ1n) is 8.61. The van der Waals surface area contributed by atoms with Crippen LogP contribution in [0.2, 0.25) is 0 Å². The van der Waals surface area contributed by atoms with Gasteiger partial charge < -0.3 is 19.8 Å². The molecule has 1 aliphatic heterocycles. The molecule has 8 heteroatoms. The molecule has 2 N–H and O–H groups in total. The Balaban J connectivity index is 1.64. The van der Waals surface area contributed by atoms with Gasteiger partial charge in [0.1, 0.15) is 12.1 Å². The predicted molar refractivity (Wildman–Crippen MR) is 96.8 cm³/mol. The summed E-state index contributed by atoms with van der Waals surface area (Å²) in [6, 6.07) is 5.70. The zero-order valence-electron chi connectivity index (χ0n) is 14.9. The van der Waals surface area contributed by atoms with Crippen molar-refractivity contribution in [2.45, 2.75) is 32.0 Å². The number of hydrogen-bond donors (Lipinski definition) is 1. The second-order valence-electron chi connectivity index (χ2n) is 6.76. The van der Waals surface area contributed by atoms with Crippen molar-refractivity contribution < 1.29 is 9.53 Å². The smallest absolute Gasteiger partial charge is 0.275 e. The third-order valence-electron chi connectivity index (χ3n) is 4.93. The number of methoxy groups -OCH3 is 1. The lowest BCUT2D eigenvalue weighted by Gasteiger charge is -2.23. The number of rotatable bonds is 4. The fraction of sp³-hybridized carbons (Fsp3) is 0.389. The van der Waals surface area contributed by atoms with Gasteiger partial charge in [-0.1, -0.05) is 0 Å². The fourth-order valence-corrected chi connectivity index (χ4v) is 3.56. The molecule has 0 spiro atoms. The Morgan fingerprint density at radius 1 is 1.38 bits per heavy atom. The number of hydrogen-bond acceptors (Lipinski definition) is 5. The molecule has 1 fully saturated rings. The Morgan fingerprint density at radius 2 is 2.23 bits per heavy atom. The van der Waals surface area contributed by atoms with Gasteiger partial charge in [0.25, 0.3) is 5.91 Å². The van der Waals surface area contributed by atoms with Gasteiger partial charge in [0.2, 0.25) is 0 Å². The van der Waals surface area contributed by atoms with Crippen LogP contribution in [0.1, 0.15) is 22.5 Å². The second kappa shape index (κ2) is 6.45. The van der Waals surface area contributed by atoms with Crippen LogP contribution in [0.25, 0.3) is 5.52 Å². The molecule has 0 saturated carbocycles. The van der Waals surface area contributed by atoms with Gasteiger partial charge in [0.15, 0.2) is 5.69 Å². The third-order valence-corrected chi connectivity index (χ3v) is 4.93. The van der Waals surface area contributed by atoms with E-state index in [4.69, 9.17) is 10.5 Å². The standard InChI is InChI=1S/C18H22N6O2/c1-12-3-5-22-11-20-17(15(22)7-12)18(25)24-10-14(26-2)8-13(24)9-23-6-4-16(19)21-23/h3-7,11,13-14H,8-10H2,1-2H3,(H2,19,21)/t13-,14+/m0/s1. The Morgan fingerprint density at radius 3 is 2.96 bits per heavy atom. The number of aromatic nitrogens is 4. The molecule has 8 nitrogen and oxygen atoms in total. The first kappa shape index (κ1) is 16.6. The van der Waals surface area contributed by atoms with Crippen LogP contribution in [0.4, 0.5) is 5.82 Å². The number of pyridine rings is 1. The van der Waals surface area contributed by atoms with Gasteiger partial charge in [-0.2, -0.15) is 5.10 Å². The van der Waals surface area contributed by atoms with E-state index >= 15 is 0 Å². The van der Waals surface area contributed by atoms with Crippen LogP contribution in [-0.2, 0) is 11.3 Å². The van der Waals surface area contributed by atoms with Crippen molar-refractivity contribution in [1.29, 1.82) is 0 Å². The van der Waals surface area contributed by atoms with E-state index < -0.39 is 0 Å². The van der Waals surface area contributed by atoms with Crippen LogP contribution in [0.3, 0.4) is 0 Å². The van der Waals surface area contributed by atoms with E-state index in [0.717, 1.165) is 17.5 Å². The first-order chi connectivity index (χ1) is 12.5. The highest BCUT2D eigenvalue weighted by atomic mass is 16.5. The molecule has 3 aromatic heterocycles. The van der Waals surface area contributed by atoms with E-state index in [1.165, 1.54) is 0 Å². The van der Waals surface area contributed by atoms with E-state index in [9.17, 15) is 4.79 Å². The minimum Gasteiger partial charge on any atom is -0.382 e. The molecule has 26 heavy (non-hydrogen) atoms. The number of amides is 1. The number of aryl methyl sites for hydroxylation is 1. The van der Waals surface area contributed by atoms with Crippen LogP contribution >= 0.6 is 0 Å². The number of nitrogen functional groups attached to an aromatic ring is 1. The lowest BCUT2D eigenvalue weighted by atomic mass is 10.2. The predicted octanol–water partition coefficient (Wildman–Crippen LogP) is 1.35. The van der Waals surface area contributed by atoms with Crippen molar-refractivity contribution in [3.63, 3.8) is 0 Å². The zero-order chi connectivity index (χ0) is 18.3. The zero-order valence-corrected chi connectivity index (χ0v) is 14.9. The summed E-state index contributed by atoms with van der Waals surface area (Å²) in [4.78, 5) is 19.5. The molecule has 0 aromatic carbocycles. The molecule has 4 heterocycles. The number of nitrogens with zero attached hydrogens (tertiary/aromatic N) is 5. The van der Waals surface area contributed by atoms with Gasteiger partial charge in [0.05, 0.1) is 24.2 Å². The summed E-state index contributed by atoms with van der Waals surface area (Å²) in [5.74, 6) is 0.391. The van der Waals surface area contributed by atoms with Gasteiger partial charge in [-0.25, -0.2) is 4.98 Å². The van der Waals surface area contributed by atoms with Gasteiger partial charge in [-0.3, -0.25) is 9.48 Å². The number of imidazole rings is 1. The Bertz CT molecular complexity index is 946. The number of nitrogens with two attached hydrogens (primary N) is 1. The number of likely N-dealkylation sites (tertiary alicyclic amines) is 1. The number of anilines is 1. The molecule has 2 atom stereocenters. The number of ether oxygens (including phenoxy) is 1. The topological polar surface area (TPSA) is 90.7 Å². The van der Waals surface area contributed by atoms with Crippen LogP contribution in [0.15, 0.2) is 36.9 Å². The summed E-state index contributed by atoms with van der Waals surface area (Å²) in [5, 5.41) is 4.24. The quantitative estimate of drug-likeness (QED) is 0.764. The van der Waals surface area contributed by atoms with Gasteiger partial charge in [-0.15, -0.1) is 0 Å². The van der Waals surface area contributed by atoms with Gasteiger partial charge in [-0.05, 0) is 37.1 Å². The largest absolute Gasteiger partial charge is 0.382 e. The highest BCUT2D eigenvalue weighted by molar-refractivity contribution is 5.99. The van der Waals surface area contributed by atoms with E-state index in [0.29, 0.717) is 24.6 Å². The highest BCUT2D eigenvalue weighted by Gasteiger charge is 2.37. The van der Waals surface area contributed by atoms with Crippen molar-refractivity contribution in [3.05, 3.63) is 48.2 Å². The van der Waals surface area contributed by atoms with Crippen molar-refractivity contribution in [2.75, 3.05) is 19.4 Å². The Labute approximate surface area is 151 Å². The third kappa shape index (κ3) is 2.92. The number of carbonyl (C=O) groups excluding carboxylic acids is 1. The average molecular weight is 354 g/mol. The lowest BCUT2D eigenvalue weighted by molar-refractivity contribution is 0.0675. The maximum absolute atomic E-state index is 13.2. The molecule has 0 unspecified atom stereocenters. The van der Waals surface area contributed by atoms with Gasteiger partial charge >= 0.3 is 0 Å². The van der Waals surface area contributed by atoms with Crippen LogP contribution in [0.5, 0.6) is 0 Å². The van der Waals surface area contributed by atoms with Crippen molar-refractivity contribution >= 4 is 17.2 Å². The van der Waals surface area contributed by atoms with Crippen molar-refractivity contribution in [2.24, 2.45) is 0 Å². The molecule has 1 amide bonds. The van der Waals surface area contributed by atoms with E-state index in [-0.39, 0.29) is 18.1 Å². The fourth-order valence-electron chi connectivity index (χ4n) is 3.56. The molecule has 0 aliphatic carbocycles. The maximum Gasteiger partial charge on any atom is 0.275 e. The molecule has 136 valence electrons. The summed E-state index contributed by atoms with van der Waals surface area (Å²) in [5.41, 5.74) is 8.08. The number of fused-ring (bicyclic) bond motifs is 1. The minimum atomic E-state index is -0.0808. The minimum absolute atomic E-state index is 0.00692. The van der Waals surface area contributed by atoms with Gasteiger partial charge in [0, 0.05) is 26.0 Å². The van der Waals surface area contributed by atoms with E-state index in [2.05, 4.69) is 10.1 Å². The normalized spacial score (nSPS) is 20.2. The molecule has 1 aliphatic rings. The number of carbonyl (C=O) groups is 1. The summed E-state index contributed by atoms with van der Waals surface area (Å²) < 4.78 is 9.15. The highest BCUT2D eigenvalue weighted by Crippen LogP contribution is 2.25. The van der Waals surface area contributed by atoms with Crippen LogP contribution < -0.4 is 5.73 Å². The molecule has 3 aromatic rings. The first-order valence-corrected chi connectivity index (χ1v) is 8.61. The van der Waals surface area contributed by atoms with Crippen molar-refractivity contribution in [1.82, 2.24) is 24.1 Å². The average Bonchev–Trinajstić information content (AvgIpc) is 3.33. The van der Waals surface area contributed by atoms with Crippen LogP contribution in [0, 0.1) is 6.92 Å². The lowest BCUT2D eigenvalue weighted by Crippen LogP contribution is -2.38. The Hall–Kier alpha value is -2.87. The molecular weight excluding hydrogens is 332 g/mol. The monoisotopic (exact) mass is 354 g/mol. The van der Waals surface area contributed by atoms with E-state index in [1.54, 1.807) is 24.2 Å². The second-order valence-corrected chi connectivity index (χ2v) is 6.76. The van der Waals surface area contributed by atoms with Crippen LogP contribution in [-0.4, -0.2) is 55.8 Å². The molecule has 0 bridgehead atoms. The van der Waals surface area contributed by atoms with E-state index in [1.807, 2.05) is 40.8 Å². The Kier molecular flexibility index (Phi) is 4.12. The summed E-state index contributed by atoms with van der Waals surface area (Å²) in [6.07, 6.45) is 6.18. The molecule has 4 rings (SSSR count). The van der Waals surface area contributed by atoms with Crippen molar-refractivity contribution in [3.8, 4) is 0 Å². The summed E-state index contributed by atoms with van der Waals surface area (Å²) in [6.45, 7) is 3.12. The summed E-state index contributed by atoms with van der Waals surface area (Å²) >= 11 is 0. The SMILES string of the molecule is CO[C@@H]1C[C@@H](Cn2ccc(N)n2)N(C(=O)c2ncn3ccc(C)cc23)C1. The summed E-state index contributed by atoms with van der Waals surface area (Å²) in [7, 11) is 1.68. The molecule has 1 saturated heterocycles.